The van der Waals surface area contributed by atoms with Gasteiger partial charge in [0, 0.05) is 0 Å². The van der Waals surface area contributed by atoms with E-state index in [-0.39, 0.29) is 0 Å². The van der Waals surface area contributed by atoms with Gasteiger partial charge in [0.15, 0.2) is 0 Å². The van der Waals surface area contributed by atoms with E-state index in [1.165, 1.54) is 7.35 Å². The molecule has 2 fully saturated rings. The number of hydrogen-bond acceptors (Lipinski definition) is 0. The van der Waals surface area contributed by atoms with Crippen LogP contribution < -0.4 is 0 Å². The Labute approximate surface area is 84.7 Å². The van der Waals surface area contributed by atoms with Crippen molar-refractivity contribution in [3.8, 4) is 0 Å². The van der Waals surface area contributed by atoms with Crippen molar-refractivity contribution in [2.45, 2.75) is 63.4 Å². The van der Waals surface area contributed by atoms with Crippen molar-refractivity contribution in [1.29, 1.82) is 0 Å². The molecule has 1 heteroatoms. The molecule has 0 aromatic rings. The molecular weight excluding hydrogens is 247 g/mol. The molecule has 0 nitrogen and oxygen atoms in total. The molecule has 0 heterocycles. The molecule has 2 rings (SSSR count). The minimum atomic E-state index is -1.00. The molecule has 0 aromatic carbocycles. The predicted octanol–water partition coefficient (Wildman–Crippen LogP) is 4.00. The zero-order valence-corrected chi connectivity index (χ0v) is 11.7. The van der Waals surface area contributed by atoms with Gasteiger partial charge in [-0.1, -0.05) is 0 Å². The Bertz CT molecular complexity index is 116. The Morgan fingerprint density at radius 1 is 0.750 bits per heavy atom. The van der Waals surface area contributed by atoms with Crippen molar-refractivity contribution in [2.75, 3.05) is 0 Å². The molecule has 0 atom stereocenters. The molecule has 0 bridgehead atoms. The van der Waals surface area contributed by atoms with Crippen LogP contribution in [0.3, 0.4) is 0 Å². The van der Waals surface area contributed by atoms with E-state index in [9.17, 15) is 0 Å². The van der Waals surface area contributed by atoms with Crippen LogP contribution in [0.15, 0.2) is 0 Å². The van der Waals surface area contributed by atoms with E-state index < -0.39 is 21.4 Å². The summed E-state index contributed by atoms with van der Waals surface area (Å²) in [6.07, 6.45) is 12.8. The summed E-state index contributed by atoms with van der Waals surface area (Å²) >= 11 is -1.00. The minimum absolute atomic E-state index is 1.00. The third-order valence-corrected chi connectivity index (χ3v) is 16.6. The van der Waals surface area contributed by atoms with E-state index in [2.05, 4.69) is 4.68 Å². The first-order chi connectivity index (χ1) is 5.88. The van der Waals surface area contributed by atoms with Crippen molar-refractivity contribution in [1.82, 2.24) is 0 Å². The summed E-state index contributed by atoms with van der Waals surface area (Å²) in [6.45, 7) is 0. The second-order valence-electron chi connectivity index (χ2n) is 4.95. The van der Waals surface area contributed by atoms with Gasteiger partial charge in [0.2, 0.25) is 0 Å². The van der Waals surface area contributed by atoms with Crippen molar-refractivity contribution in [3.05, 3.63) is 0 Å². The fraction of sp³-hybridized carbons (Fsp3) is 1.00. The molecule has 0 N–H and O–H groups in total. The van der Waals surface area contributed by atoms with Crippen LogP contribution in [0.2, 0.25) is 12.0 Å². The Kier molecular flexibility index (Phi) is 3.45. The normalized spacial score (nSPS) is 26.8. The van der Waals surface area contributed by atoms with Crippen LogP contribution >= 0.6 is 0 Å². The molecule has 0 radical (unpaired) electrons. The van der Waals surface area contributed by atoms with Crippen molar-refractivity contribution in [3.63, 3.8) is 0 Å². The molecule has 2 aliphatic carbocycles. The van der Waals surface area contributed by atoms with E-state index in [1.54, 1.807) is 51.4 Å². The molecule has 0 amide bonds. The third kappa shape index (κ3) is 2.02. The molecule has 0 spiro atoms. The van der Waals surface area contributed by atoms with Gasteiger partial charge in [-0.15, -0.1) is 0 Å². The monoisotopic (exact) mass is 268 g/mol. The van der Waals surface area contributed by atoms with Crippen molar-refractivity contribution in [2.24, 2.45) is 0 Å². The van der Waals surface area contributed by atoms with Crippen molar-refractivity contribution >= 4 is 21.4 Å². The van der Waals surface area contributed by atoms with Gasteiger partial charge < -0.3 is 0 Å². The zero-order valence-electron chi connectivity index (χ0n) is 8.39. The molecule has 0 aromatic heterocycles. The quantitative estimate of drug-likeness (QED) is 0.710. The third-order valence-electron chi connectivity index (χ3n) is 4.29. The van der Waals surface area contributed by atoms with Gasteiger partial charge in [0.1, 0.15) is 0 Å². The Hall–Kier alpha value is 0.870. The number of rotatable bonds is 2. The molecule has 0 aliphatic heterocycles. The van der Waals surface area contributed by atoms with Gasteiger partial charge in [-0.2, -0.15) is 0 Å². The number of hydrogen-bond donors (Lipinski definition) is 0. The van der Waals surface area contributed by atoms with E-state index in [1.807, 2.05) is 0 Å². The summed E-state index contributed by atoms with van der Waals surface area (Å²) in [5, 5.41) is 0. The molecule has 68 valence electrons. The molecule has 0 saturated heterocycles. The molecular formula is C11H21In. The topological polar surface area (TPSA) is 0 Å². The molecule has 2 saturated carbocycles. The van der Waals surface area contributed by atoms with Crippen molar-refractivity contribution < 1.29 is 0 Å². The Balaban J connectivity index is 1.84. The van der Waals surface area contributed by atoms with Crippen LogP contribution in [0, 0.1) is 0 Å². The molecule has 2 aliphatic rings. The van der Waals surface area contributed by atoms with Gasteiger partial charge in [0.25, 0.3) is 0 Å². The van der Waals surface area contributed by atoms with E-state index in [4.69, 9.17) is 0 Å². The second kappa shape index (κ2) is 4.39. The Morgan fingerprint density at radius 3 is 1.42 bits per heavy atom. The van der Waals surface area contributed by atoms with Gasteiger partial charge in [0.05, 0.1) is 0 Å². The fourth-order valence-electron chi connectivity index (χ4n) is 3.35. The van der Waals surface area contributed by atoms with Crippen LogP contribution in [-0.2, 0) is 0 Å². The molecule has 12 heavy (non-hydrogen) atoms. The van der Waals surface area contributed by atoms with Gasteiger partial charge in [-0.05, 0) is 0 Å². The average molecular weight is 268 g/mol. The fourth-order valence-corrected chi connectivity index (χ4v) is 14.2. The van der Waals surface area contributed by atoms with Crippen LogP contribution in [0.25, 0.3) is 0 Å². The van der Waals surface area contributed by atoms with Crippen LogP contribution in [-0.4, -0.2) is 21.4 Å². The zero-order chi connectivity index (χ0) is 8.39. The first-order valence-electron chi connectivity index (χ1n) is 5.88. The predicted molar refractivity (Wildman–Crippen MR) is 56.1 cm³/mol. The summed E-state index contributed by atoms with van der Waals surface area (Å²) in [5.41, 5.74) is 0. The van der Waals surface area contributed by atoms with Gasteiger partial charge >= 0.3 is 84.8 Å². The Morgan fingerprint density at radius 2 is 1.08 bits per heavy atom. The van der Waals surface area contributed by atoms with Crippen LogP contribution in [0.1, 0.15) is 51.4 Å². The SMILES string of the molecule is [CH3][In]([CH]1CCCC1)[CH]1CCCC1. The summed E-state index contributed by atoms with van der Waals surface area (Å²) in [4.78, 5) is 0. The maximum absolute atomic E-state index is 2.73. The summed E-state index contributed by atoms with van der Waals surface area (Å²) in [7, 11) is 0. The van der Waals surface area contributed by atoms with Crippen LogP contribution in [0.4, 0.5) is 0 Å². The average Bonchev–Trinajstić information content (AvgIpc) is 2.77. The second-order valence-corrected chi connectivity index (χ2v) is 15.2. The van der Waals surface area contributed by atoms with E-state index in [0.717, 1.165) is 0 Å². The van der Waals surface area contributed by atoms with Gasteiger partial charge in [-0.25, -0.2) is 0 Å². The summed E-state index contributed by atoms with van der Waals surface area (Å²) in [5.74, 6) is 0. The maximum atomic E-state index is 2.73. The molecule has 0 unspecified atom stereocenters. The van der Waals surface area contributed by atoms with Gasteiger partial charge in [-0.3, -0.25) is 0 Å². The first kappa shape index (κ1) is 9.43. The summed E-state index contributed by atoms with van der Waals surface area (Å²) in [6, 6.07) is 0. The van der Waals surface area contributed by atoms with Crippen LogP contribution in [0.5, 0.6) is 0 Å². The van der Waals surface area contributed by atoms with E-state index in [0.29, 0.717) is 0 Å². The summed E-state index contributed by atoms with van der Waals surface area (Å²) < 4.78 is 5.36. The first-order valence-corrected chi connectivity index (χ1v) is 13.0. The standard InChI is InChI=1S/2C5H9.CH3.In/c2*1-2-4-5-3-1;;/h2*1H,2-5H2;1H3;. The van der Waals surface area contributed by atoms with E-state index >= 15 is 0 Å².